The van der Waals surface area contributed by atoms with E-state index >= 15 is 0 Å². The van der Waals surface area contributed by atoms with Crippen LogP contribution in [-0.2, 0) is 9.53 Å². The molecule has 2 aromatic carbocycles. The standard InChI is InChI=1S/C17H16INO3/c1-11-7-8-12(2)15(9-11)19-16(20)10-22-17(21)13-5-3-4-6-14(13)18/h3-9H,10H2,1-2H3,(H,19,20). The molecule has 2 aromatic rings. The van der Waals surface area contributed by atoms with Crippen molar-refractivity contribution >= 4 is 40.2 Å². The molecule has 0 heterocycles. The molecule has 0 fully saturated rings. The lowest BCUT2D eigenvalue weighted by Gasteiger charge is -2.10. The van der Waals surface area contributed by atoms with Crippen LogP contribution in [0.4, 0.5) is 5.69 Å². The van der Waals surface area contributed by atoms with Gasteiger partial charge in [-0.3, -0.25) is 4.79 Å². The molecule has 0 aliphatic rings. The van der Waals surface area contributed by atoms with Crippen molar-refractivity contribution in [1.29, 1.82) is 0 Å². The molecule has 0 atom stereocenters. The highest BCUT2D eigenvalue weighted by atomic mass is 127. The monoisotopic (exact) mass is 409 g/mol. The summed E-state index contributed by atoms with van der Waals surface area (Å²) in [5.41, 5.74) is 3.21. The Morgan fingerprint density at radius 3 is 2.59 bits per heavy atom. The molecule has 0 saturated heterocycles. The normalized spacial score (nSPS) is 10.1. The Morgan fingerprint density at radius 1 is 1.14 bits per heavy atom. The average Bonchev–Trinajstić information content (AvgIpc) is 2.49. The second kappa shape index (κ2) is 7.40. The van der Waals surface area contributed by atoms with E-state index in [1.165, 1.54) is 0 Å². The van der Waals surface area contributed by atoms with Gasteiger partial charge in [0, 0.05) is 9.26 Å². The zero-order chi connectivity index (χ0) is 16.1. The number of aryl methyl sites for hydroxylation is 2. The van der Waals surface area contributed by atoms with Crippen molar-refractivity contribution < 1.29 is 14.3 Å². The minimum atomic E-state index is -0.499. The highest BCUT2D eigenvalue weighted by molar-refractivity contribution is 14.1. The zero-order valence-corrected chi connectivity index (χ0v) is 14.5. The smallest absolute Gasteiger partial charge is 0.339 e. The van der Waals surface area contributed by atoms with E-state index in [4.69, 9.17) is 4.74 Å². The summed E-state index contributed by atoms with van der Waals surface area (Å²) in [6.45, 7) is 3.55. The Hall–Kier alpha value is -1.89. The zero-order valence-electron chi connectivity index (χ0n) is 12.4. The summed E-state index contributed by atoms with van der Waals surface area (Å²) < 4.78 is 5.85. The van der Waals surface area contributed by atoms with Gasteiger partial charge >= 0.3 is 5.97 Å². The summed E-state index contributed by atoms with van der Waals surface area (Å²) in [7, 11) is 0. The summed E-state index contributed by atoms with van der Waals surface area (Å²) in [5.74, 6) is -0.853. The van der Waals surface area contributed by atoms with Gasteiger partial charge in [-0.15, -0.1) is 0 Å². The van der Waals surface area contributed by atoms with Gasteiger partial charge in [-0.05, 0) is 65.8 Å². The fourth-order valence-corrected chi connectivity index (χ4v) is 2.50. The van der Waals surface area contributed by atoms with E-state index in [1.54, 1.807) is 12.1 Å². The summed E-state index contributed by atoms with van der Waals surface area (Å²) in [6.07, 6.45) is 0. The Labute approximate surface area is 143 Å². The maximum absolute atomic E-state index is 11.9. The van der Waals surface area contributed by atoms with Crippen LogP contribution in [0, 0.1) is 17.4 Å². The van der Waals surface area contributed by atoms with Crippen molar-refractivity contribution in [2.75, 3.05) is 11.9 Å². The molecule has 1 N–H and O–H groups in total. The molecule has 0 radical (unpaired) electrons. The Morgan fingerprint density at radius 2 is 1.86 bits per heavy atom. The maximum atomic E-state index is 11.9. The number of hydrogen-bond acceptors (Lipinski definition) is 3. The molecular formula is C17H16INO3. The molecule has 4 nitrogen and oxygen atoms in total. The number of amides is 1. The molecule has 1 amide bonds. The molecule has 0 saturated carbocycles. The molecule has 0 aliphatic heterocycles. The molecule has 0 aliphatic carbocycles. The average molecular weight is 409 g/mol. The number of nitrogens with one attached hydrogen (secondary N) is 1. The van der Waals surface area contributed by atoms with Gasteiger partial charge in [-0.25, -0.2) is 4.79 Å². The van der Waals surface area contributed by atoms with Crippen molar-refractivity contribution in [2.24, 2.45) is 0 Å². The van der Waals surface area contributed by atoms with Crippen LogP contribution in [-0.4, -0.2) is 18.5 Å². The van der Waals surface area contributed by atoms with E-state index in [1.807, 2.05) is 44.2 Å². The lowest BCUT2D eigenvalue weighted by Crippen LogP contribution is -2.21. The first-order chi connectivity index (χ1) is 10.5. The quantitative estimate of drug-likeness (QED) is 0.619. The molecule has 0 aromatic heterocycles. The lowest BCUT2D eigenvalue weighted by molar-refractivity contribution is -0.119. The third-order valence-corrected chi connectivity index (χ3v) is 4.04. The summed E-state index contributed by atoms with van der Waals surface area (Å²) >= 11 is 2.06. The van der Waals surface area contributed by atoms with E-state index < -0.39 is 5.97 Å². The molecule has 0 spiro atoms. The molecule has 0 unspecified atom stereocenters. The van der Waals surface area contributed by atoms with E-state index in [0.29, 0.717) is 5.56 Å². The Balaban J connectivity index is 1.94. The van der Waals surface area contributed by atoms with Crippen molar-refractivity contribution in [2.45, 2.75) is 13.8 Å². The number of rotatable bonds is 4. The summed E-state index contributed by atoms with van der Waals surface area (Å²) in [6, 6.07) is 12.9. The number of anilines is 1. The van der Waals surface area contributed by atoms with Crippen LogP contribution in [0.2, 0.25) is 0 Å². The van der Waals surface area contributed by atoms with Gasteiger partial charge in [0.1, 0.15) is 0 Å². The van der Waals surface area contributed by atoms with Gasteiger partial charge in [0.05, 0.1) is 5.56 Å². The third kappa shape index (κ3) is 4.30. The molecular weight excluding hydrogens is 393 g/mol. The van der Waals surface area contributed by atoms with Gasteiger partial charge in [0.2, 0.25) is 0 Å². The predicted molar refractivity (Wildman–Crippen MR) is 94.0 cm³/mol. The fraction of sp³-hybridized carbons (Fsp3) is 0.176. The van der Waals surface area contributed by atoms with Gasteiger partial charge in [0.15, 0.2) is 6.61 Å². The van der Waals surface area contributed by atoms with Crippen LogP contribution in [0.3, 0.4) is 0 Å². The van der Waals surface area contributed by atoms with Gasteiger partial charge < -0.3 is 10.1 Å². The Bertz CT molecular complexity index is 713. The number of esters is 1. The van der Waals surface area contributed by atoms with Crippen LogP contribution in [0.15, 0.2) is 42.5 Å². The van der Waals surface area contributed by atoms with Crippen molar-refractivity contribution in [1.82, 2.24) is 0 Å². The largest absolute Gasteiger partial charge is 0.452 e. The lowest BCUT2D eigenvalue weighted by atomic mass is 10.1. The molecule has 5 heteroatoms. The second-order valence-corrected chi connectivity index (χ2v) is 6.08. The molecule has 22 heavy (non-hydrogen) atoms. The summed E-state index contributed by atoms with van der Waals surface area (Å²) in [5, 5.41) is 2.75. The van der Waals surface area contributed by atoms with E-state index in [2.05, 4.69) is 27.9 Å². The first-order valence-corrected chi connectivity index (χ1v) is 7.84. The molecule has 114 valence electrons. The van der Waals surface area contributed by atoms with E-state index in [-0.39, 0.29) is 12.5 Å². The second-order valence-electron chi connectivity index (χ2n) is 4.92. The van der Waals surface area contributed by atoms with Crippen LogP contribution in [0.1, 0.15) is 21.5 Å². The van der Waals surface area contributed by atoms with Gasteiger partial charge in [-0.2, -0.15) is 0 Å². The highest BCUT2D eigenvalue weighted by Gasteiger charge is 2.13. The van der Waals surface area contributed by atoms with Crippen LogP contribution < -0.4 is 5.32 Å². The molecule has 2 rings (SSSR count). The number of carbonyl (C=O) groups excluding carboxylic acids is 2. The van der Waals surface area contributed by atoms with Crippen molar-refractivity contribution in [3.05, 3.63) is 62.7 Å². The van der Waals surface area contributed by atoms with Crippen LogP contribution >= 0.6 is 22.6 Å². The number of benzene rings is 2. The van der Waals surface area contributed by atoms with Crippen LogP contribution in [0.5, 0.6) is 0 Å². The predicted octanol–water partition coefficient (Wildman–Crippen LogP) is 3.70. The number of hydrogen-bond donors (Lipinski definition) is 1. The third-order valence-electron chi connectivity index (χ3n) is 3.10. The van der Waals surface area contributed by atoms with Gasteiger partial charge in [0.25, 0.3) is 5.91 Å². The maximum Gasteiger partial charge on any atom is 0.339 e. The first-order valence-electron chi connectivity index (χ1n) is 6.76. The molecule has 0 bridgehead atoms. The minimum Gasteiger partial charge on any atom is -0.452 e. The van der Waals surface area contributed by atoms with Crippen molar-refractivity contribution in [3.8, 4) is 0 Å². The van der Waals surface area contributed by atoms with Crippen molar-refractivity contribution in [3.63, 3.8) is 0 Å². The van der Waals surface area contributed by atoms with E-state index in [9.17, 15) is 9.59 Å². The van der Waals surface area contributed by atoms with E-state index in [0.717, 1.165) is 20.4 Å². The fourth-order valence-electron chi connectivity index (χ4n) is 1.89. The topological polar surface area (TPSA) is 55.4 Å². The highest BCUT2D eigenvalue weighted by Crippen LogP contribution is 2.16. The Kier molecular flexibility index (Phi) is 5.54. The SMILES string of the molecule is Cc1ccc(C)c(NC(=O)COC(=O)c2ccccc2I)c1. The first kappa shape index (κ1) is 16.5. The van der Waals surface area contributed by atoms with Crippen LogP contribution in [0.25, 0.3) is 0 Å². The number of halogens is 1. The number of ether oxygens (including phenoxy) is 1. The number of carbonyl (C=O) groups is 2. The summed E-state index contributed by atoms with van der Waals surface area (Å²) in [4.78, 5) is 23.8. The van der Waals surface area contributed by atoms with Gasteiger partial charge in [-0.1, -0.05) is 24.3 Å². The minimum absolute atomic E-state index is 0.308.